The van der Waals surface area contributed by atoms with Gasteiger partial charge in [0.1, 0.15) is 6.10 Å². The second-order valence-corrected chi connectivity index (χ2v) is 8.31. The zero-order valence-electron chi connectivity index (χ0n) is 19.2. The van der Waals surface area contributed by atoms with Crippen LogP contribution >= 0.6 is 0 Å². The summed E-state index contributed by atoms with van der Waals surface area (Å²) in [4.78, 5) is 8.68. The molecule has 5 rings (SSSR count). The van der Waals surface area contributed by atoms with Crippen LogP contribution in [0.25, 0.3) is 0 Å². The standard InChI is InChI=1S/C25H28N5O3/c1-17-10-23(31-3)24(33-22-7-5-6-18-11-25(32-4)26-14-20(18)22)12-21(17)30-9-8-29(16-30)19-13-27-28(2)15-19/h8-15,22H,1,5-7,16H2,2-4H3. The first kappa shape index (κ1) is 21.2. The van der Waals surface area contributed by atoms with Crippen molar-refractivity contribution in [2.45, 2.75) is 25.4 Å². The number of nitrogens with zero attached hydrogens (tertiary/aromatic N) is 5. The van der Waals surface area contributed by atoms with Crippen molar-refractivity contribution in [3.8, 4) is 17.4 Å². The van der Waals surface area contributed by atoms with E-state index in [1.807, 2.05) is 56.2 Å². The highest BCUT2D eigenvalue weighted by molar-refractivity contribution is 5.67. The Morgan fingerprint density at radius 1 is 1.03 bits per heavy atom. The van der Waals surface area contributed by atoms with Crippen molar-refractivity contribution in [1.82, 2.24) is 14.8 Å². The number of fused-ring (bicyclic) bond motifs is 1. The van der Waals surface area contributed by atoms with Gasteiger partial charge in [-0.15, -0.1) is 0 Å². The van der Waals surface area contributed by atoms with Gasteiger partial charge in [0.25, 0.3) is 0 Å². The summed E-state index contributed by atoms with van der Waals surface area (Å²) < 4.78 is 19.3. The predicted molar refractivity (Wildman–Crippen MR) is 127 cm³/mol. The van der Waals surface area contributed by atoms with Crippen LogP contribution in [0.3, 0.4) is 0 Å². The van der Waals surface area contributed by atoms with E-state index in [1.165, 1.54) is 5.56 Å². The van der Waals surface area contributed by atoms with Crippen molar-refractivity contribution in [2.24, 2.45) is 7.05 Å². The Balaban J connectivity index is 1.41. The second kappa shape index (κ2) is 8.69. The largest absolute Gasteiger partial charge is 0.493 e. The summed E-state index contributed by atoms with van der Waals surface area (Å²) in [5, 5.41) is 4.27. The minimum Gasteiger partial charge on any atom is -0.493 e. The molecule has 3 aromatic rings. The van der Waals surface area contributed by atoms with E-state index in [0.717, 1.165) is 41.8 Å². The van der Waals surface area contributed by atoms with Gasteiger partial charge in [-0.1, -0.05) is 0 Å². The van der Waals surface area contributed by atoms with Gasteiger partial charge in [0.15, 0.2) is 11.5 Å². The first-order valence-electron chi connectivity index (χ1n) is 11.0. The van der Waals surface area contributed by atoms with Gasteiger partial charge in [0, 0.05) is 55.2 Å². The lowest BCUT2D eigenvalue weighted by atomic mass is 9.91. The Bertz CT molecular complexity index is 1190. The van der Waals surface area contributed by atoms with E-state index in [9.17, 15) is 0 Å². The fourth-order valence-electron chi connectivity index (χ4n) is 4.42. The highest BCUT2D eigenvalue weighted by atomic mass is 16.5. The van der Waals surface area contributed by atoms with Crippen LogP contribution in [0.5, 0.6) is 17.4 Å². The SMILES string of the molecule is [CH2]c1cc(OC)c(OC2CCCc3cc(OC)ncc32)cc1N1C=CN(c2cnn(C)c2)C1. The number of hydrogen-bond donors (Lipinski definition) is 0. The number of ether oxygens (including phenoxy) is 3. The highest BCUT2D eigenvalue weighted by Crippen LogP contribution is 2.41. The molecule has 0 bridgehead atoms. The average molecular weight is 447 g/mol. The fraction of sp³-hybridized carbons (Fsp3) is 0.320. The molecule has 171 valence electrons. The summed E-state index contributed by atoms with van der Waals surface area (Å²) >= 11 is 0. The fourth-order valence-corrected chi connectivity index (χ4v) is 4.42. The van der Waals surface area contributed by atoms with Crippen molar-refractivity contribution < 1.29 is 14.2 Å². The lowest BCUT2D eigenvalue weighted by molar-refractivity contribution is 0.175. The van der Waals surface area contributed by atoms with Crippen molar-refractivity contribution in [3.63, 3.8) is 0 Å². The van der Waals surface area contributed by atoms with Crippen LogP contribution in [-0.4, -0.2) is 35.7 Å². The Kier molecular flexibility index (Phi) is 5.58. The van der Waals surface area contributed by atoms with Gasteiger partial charge in [0.05, 0.1) is 32.8 Å². The van der Waals surface area contributed by atoms with Gasteiger partial charge in [0.2, 0.25) is 5.88 Å². The minimum atomic E-state index is -0.0921. The van der Waals surface area contributed by atoms with Gasteiger partial charge in [-0.3, -0.25) is 4.68 Å². The lowest BCUT2D eigenvalue weighted by Gasteiger charge is -2.28. The number of hydrogen-bond acceptors (Lipinski definition) is 7. The summed E-state index contributed by atoms with van der Waals surface area (Å²) in [6.45, 7) is 4.91. The maximum absolute atomic E-state index is 6.54. The van der Waals surface area contributed by atoms with Crippen LogP contribution in [0.15, 0.2) is 49.2 Å². The van der Waals surface area contributed by atoms with Crippen molar-refractivity contribution >= 4 is 11.4 Å². The molecule has 33 heavy (non-hydrogen) atoms. The molecule has 0 fully saturated rings. The molecule has 0 saturated carbocycles. The number of anilines is 2. The number of rotatable bonds is 6. The van der Waals surface area contributed by atoms with E-state index in [-0.39, 0.29) is 6.10 Å². The molecule has 1 atom stereocenters. The quantitative estimate of drug-likeness (QED) is 0.562. The van der Waals surface area contributed by atoms with Gasteiger partial charge in [-0.2, -0.15) is 5.10 Å². The molecule has 1 radical (unpaired) electrons. The predicted octanol–water partition coefficient (Wildman–Crippen LogP) is 4.23. The van der Waals surface area contributed by atoms with Crippen molar-refractivity contribution in [3.05, 3.63) is 72.8 Å². The molecule has 2 aliphatic rings. The van der Waals surface area contributed by atoms with Gasteiger partial charge in [-0.25, -0.2) is 4.98 Å². The monoisotopic (exact) mass is 446 g/mol. The number of aromatic nitrogens is 3. The molecule has 8 heteroatoms. The molecular formula is C25H28N5O3. The maximum Gasteiger partial charge on any atom is 0.213 e. The molecule has 0 amide bonds. The Labute approximate surface area is 194 Å². The Hall–Kier alpha value is -3.68. The molecular weight excluding hydrogens is 418 g/mol. The minimum absolute atomic E-state index is 0.0921. The zero-order chi connectivity index (χ0) is 22.9. The molecule has 2 aromatic heterocycles. The summed E-state index contributed by atoms with van der Waals surface area (Å²) in [7, 11) is 5.21. The van der Waals surface area contributed by atoms with E-state index in [0.29, 0.717) is 24.0 Å². The van der Waals surface area contributed by atoms with Crippen LogP contribution in [0.4, 0.5) is 11.4 Å². The molecule has 0 spiro atoms. The third kappa shape index (κ3) is 4.08. The van der Waals surface area contributed by atoms with Gasteiger partial charge < -0.3 is 24.0 Å². The van der Waals surface area contributed by atoms with Crippen molar-refractivity contribution in [1.29, 1.82) is 0 Å². The van der Waals surface area contributed by atoms with Crippen LogP contribution in [0, 0.1) is 6.92 Å². The number of pyridine rings is 1. The van der Waals surface area contributed by atoms with E-state index < -0.39 is 0 Å². The maximum atomic E-state index is 6.54. The van der Waals surface area contributed by atoms with Crippen LogP contribution in [-0.2, 0) is 13.5 Å². The summed E-state index contributed by atoms with van der Waals surface area (Å²) in [5.41, 5.74) is 5.20. The average Bonchev–Trinajstić information content (AvgIpc) is 3.49. The molecule has 3 heterocycles. The van der Waals surface area contributed by atoms with Crippen molar-refractivity contribution in [2.75, 3.05) is 30.7 Å². The highest BCUT2D eigenvalue weighted by Gasteiger charge is 2.26. The van der Waals surface area contributed by atoms with E-state index in [1.54, 1.807) is 18.9 Å². The first-order valence-corrected chi connectivity index (χ1v) is 11.0. The summed E-state index contributed by atoms with van der Waals surface area (Å²) in [6.07, 6.45) is 12.7. The van der Waals surface area contributed by atoms with E-state index in [2.05, 4.69) is 26.8 Å². The van der Waals surface area contributed by atoms with Gasteiger partial charge in [-0.05, 0) is 43.4 Å². The molecule has 1 unspecified atom stereocenters. The van der Waals surface area contributed by atoms with Crippen LogP contribution in [0.1, 0.15) is 35.6 Å². The number of aryl methyl sites for hydroxylation is 2. The third-order valence-corrected chi connectivity index (χ3v) is 6.17. The third-order valence-electron chi connectivity index (χ3n) is 6.17. The molecule has 0 saturated heterocycles. The van der Waals surface area contributed by atoms with Crippen LogP contribution in [0.2, 0.25) is 0 Å². The molecule has 8 nitrogen and oxygen atoms in total. The van der Waals surface area contributed by atoms with E-state index >= 15 is 0 Å². The molecule has 0 N–H and O–H groups in total. The molecule has 1 aliphatic heterocycles. The second-order valence-electron chi connectivity index (χ2n) is 8.31. The normalized spacial score (nSPS) is 17.3. The molecule has 1 aliphatic carbocycles. The Morgan fingerprint density at radius 2 is 1.88 bits per heavy atom. The Morgan fingerprint density at radius 3 is 2.64 bits per heavy atom. The smallest absolute Gasteiger partial charge is 0.213 e. The lowest BCUT2D eigenvalue weighted by Crippen LogP contribution is -2.25. The van der Waals surface area contributed by atoms with Crippen LogP contribution < -0.4 is 24.0 Å². The van der Waals surface area contributed by atoms with E-state index in [4.69, 9.17) is 14.2 Å². The number of benzene rings is 1. The molecule has 1 aromatic carbocycles. The van der Waals surface area contributed by atoms with Gasteiger partial charge >= 0.3 is 0 Å². The summed E-state index contributed by atoms with van der Waals surface area (Å²) in [6, 6.07) is 5.96. The first-order chi connectivity index (χ1) is 16.1. The zero-order valence-corrected chi connectivity index (χ0v) is 19.2. The number of methoxy groups -OCH3 is 2. The topological polar surface area (TPSA) is 64.9 Å². The summed E-state index contributed by atoms with van der Waals surface area (Å²) in [5.74, 6) is 2.00.